The molecular weight excluding hydrogens is 118 g/mol. The van der Waals surface area contributed by atoms with Crippen LogP contribution in [0.4, 0.5) is 0 Å². The van der Waals surface area contributed by atoms with Crippen LogP contribution in [0.25, 0.3) is 10.4 Å². The number of azide groups is 1. The summed E-state index contributed by atoms with van der Waals surface area (Å²) < 4.78 is 1.68. The van der Waals surface area contributed by atoms with E-state index in [0.29, 0.717) is 6.67 Å². The lowest BCUT2D eigenvalue weighted by Crippen LogP contribution is -1.87. The summed E-state index contributed by atoms with van der Waals surface area (Å²) in [6.45, 7) is 0.316. The van der Waals surface area contributed by atoms with Gasteiger partial charge in [-0.05, 0) is 5.53 Å². The van der Waals surface area contributed by atoms with Crippen molar-refractivity contribution in [3.63, 3.8) is 0 Å². The molecule has 0 atom stereocenters. The van der Waals surface area contributed by atoms with Gasteiger partial charge < -0.3 is 4.57 Å². The Balaban J connectivity index is 2.57. The summed E-state index contributed by atoms with van der Waals surface area (Å²) in [5.41, 5.74) is 7.89. The second-order valence-corrected chi connectivity index (χ2v) is 1.45. The standard InChI is InChI=1S/C4H5N5/c5-8-7-4-9-2-1-6-3-9/h1-3H,4H2. The maximum Gasteiger partial charge on any atom is 0.102 e. The summed E-state index contributed by atoms with van der Waals surface area (Å²) in [5, 5.41) is 3.32. The van der Waals surface area contributed by atoms with Crippen LogP contribution in [-0.4, -0.2) is 9.55 Å². The SMILES string of the molecule is [N-]=[N+]=NCn1ccnc1. The van der Waals surface area contributed by atoms with Crippen molar-refractivity contribution in [2.24, 2.45) is 5.11 Å². The molecule has 0 amide bonds. The van der Waals surface area contributed by atoms with Gasteiger partial charge >= 0.3 is 0 Å². The number of hydrogen-bond donors (Lipinski definition) is 0. The average Bonchev–Trinajstić information content (AvgIpc) is 2.34. The zero-order chi connectivity index (χ0) is 6.53. The van der Waals surface area contributed by atoms with E-state index >= 15 is 0 Å². The smallest absolute Gasteiger partial charge is 0.102 e. The van der Waals surface area contributed by atoms with E-state index in [9.17, 15) is 0 Å². The van der Waals surface area contributed by atoms with Gasteiger partial charge in [-0.15, -0.1) is 0 Å². The van der Waals surface area contributed by atoms with Crippen molar-refractivity contribution in [3.8, 4) is 0 Å². The van der Waals surface area contributed by atoms with Gasteiger partial charge in [-0.1, -0.05) is 5.11 Å². The van der Waals surface area contributed by atoms with E-state index in [4.69, 9.17) is 5.53 Å². The second kappa shape index (κ2) is 2.74. The van der Waals surface area contributed by atoms with Crippen LogP contribution in [0.3, 0.4) is 0 Å². The Morgan fingerprint density at radius 1 is 1.78 bits per heavy atom. The highest BCUT2D eigenvalue weighted by atomic mass is 15.2. The summed E-state index contributed by atoms with van der Waals surface area (Å²) in [6.07, 6.45) is 4.95. The minimum absolute atomic E-state index is 0.316. The van der Waals surface area contributed by atoms with Gasteiger partial charge in [0.1, 0.15) is 6.67 Å². The Kier molecular flexibility index (Phi) is 1.72. The molecule has 0 saturated heterocycles. The fraction of sp³-hybridized carbons (Fsp3) is 0.250. The first-order valence-electron chi connectivity index (χ1n) is 2.40. The fourth-order valence-electron chi connectivity index (χ4n) is 0.472. The minimum Gasteiger partial charge on any atom is -0.332 e. The van der Waals surface area contributed by atoms with Crippen LogP contribution in [0.5, 0.6) is 0 Å². The molecule has 1 aromatic heterocycles. The minimum atomic E-state index is 0.316. The molecule has 1 rings (SSSR count). The molecule has 0 N–H and O–H groups in total. The first kappa shape index (κ1) is 5.65. The highest BCUT2D eigenvalue weighted by Crippen LogP contribution is 1.85. The van der Waals surface area contributed by atoms with Gasteiger partial charge in [0.15, 0.2) is 0 Å². The summed E-state index contributed by atoms with van der Waals surface area (Å²) in [6, 6.07) is 0. The van der Waals surface area contributed by atoms with Crippen LogP contribution in [0.1, 0.15) is 0 Å². The van der Waals surface area contributed by atoms with Gasteiger partial charge in [0, 0.05) is 17.3 Å². The maximum atomic E-state index is 7.89. The molecule has 0 aliphatic rings. The van der Waals surface area contributed by atoms with Crippen LogP contribution in [0, 0.1) is 0 Å². The normalized spacial score (nSPS) is 8.44. The Labute approximate surface area is 51.6 Å². The van der Waals surface area contributed by atoms with Gasteiger partial charge in [-0.2, -0.15) is 0 Å². The van der Waals surface area contributed by atoms with Crippen molar-refractivity contribution in [3.05, 3.63) is 29.2 Å². The van der Waals surface area contributed by atoms with E-state index in [-0.39, 0.29) is 0 Å². The molecule has 0 unspecified atom stereocenters. The average molecular weight is 123 g/mol. The Bertz CT molecular complexity index is 207. The molecule has 0 fully saturated rings. The van der Waals surface area contributed by atoms with Crippen molar-refractivity contribution < 1.29 is 0 Å². The predicted molar refractivity (Wildman–Crippen MR) is 31.4 cm³/mol. The maximum absolute atomic E-state index is 7.89. The predicted octanol–water partition coefficient (Wildman–Crippen LogP) is 1.15. The summed E-state index contributed by atoms with van der Waals surface area (Å²) in [4.78, 5) is 6.34. The van der Waals surface area contributed by atoms with Crippen molar-refractivity contribution in [1.29, 1.82) is 0 Å². The third kappa shape index (κ3) is 1.47. The number of aromatic nitrogens is 2. The molecule has 46 valence electrons. The molecule has 0 spiro atoms. The molecule has 1 aromatic rings. The van der Waals surface area contributed by atoms with Gasteiger partial charge in [0.05, 0.1) is 6.33 Å². The van der Waals surface area contributed by atoms with Gasteiger partial charge in [0.2, 0.25) is 0 Å². The van der Waals surface area contributed by atoms with Crippen LogP contribution >= 0.6 is 0 Å². The lowest BCUT2D eigenvalue weighted by Gasteiger charge is -1.88. The van der Waals surface area contributed by atoms with E-state index in [2.05, 4.69) is 15.0 Å². The lowest BCUT2D eigenvalue weighted by atomic mass is 10.9. The van der Waals surface area contributed by atoms with Crippen molar-refractivity contribution in [2.75, 3.05) is 0 Å². The Morgan fingerprint density at radius 2 is 2.67 bits per heavy atom. The largest absolute Gasteiger partial charge is 0.332 e. The Hall–Kier alpha value is -1.48. The van der Waals surface area contributed by atoms with Gasteiger partial charge in [-0.3, -0.25) is 0 Å². The zero-order valence-corrected chi connectivity index (χ0v) is 4.68. The van der Waals surface area contributed by atoms with Crippen molar-refractivity contribution in [2.45, 2.75) is 6.67 Å². The lowest BCUT2D eigenvalue weighted by molar-refractivity contribution is 0.726. The first-order chi connectivity index (χ1) is 4.43. The first-order valence-corrected chi connectivity index (χ1v) is 2.40. The second-order valence-electron chi connectivity index (χ2n) is 1.45. The third-order valence-electron chi connectivity index (χ3n) is 0.849. The molecule has 0 aliphatic heterocycles. The molecule has 0 aliphatic carbocycles. The molecule has 0 saturated carbocycles. The zero-order valence-electron chi connectivity index (χ0n) is 4.68. The molecule has 5 heteroatoms. The molecule has 0 bridgehead atoms. The summed E-state index contributed by atoms with van der Waals surface area (Å²) in [5.74, 6) is 0. The number of imidazole rings is 1. The van der Waals surface area contributed by atoms with E-state index < -0.39 is 0 Å². The number of rotatable bonds is 2. The Morgan fingerprint density at radius 3 is 3.22 bits per heavy atom. The molecular formula is C4H5N5. The van der Waals surface area contributed by atoms with Crippen LogP contribution in [0.15, 0.2) is 23.8 Å². The number of hydrogen-bond acceptors (Lipinski definition) is 2. The van der Waals surface area contributed by atoms with E-state index in [1.807, 2.05) is 0 Å². The molecule has 9 heavy (non-hydrogen) atoms. The van der Waals surface area contributed by atoms with E-state index in [1.54, 1.807) is 23.3 Å². The molecule has 0 aromatic carbocycles. The van der Waals surface area contributed by atoms with E-state index in [0.717, 1.165) is 0 Å². The third-order valence-corrected chi connectivity index (χ3v) is 0.849. The molecule has 1 heterocycles. The van der Waals surface area contributed by atoms with Crippen molar-refractivity contribution in [1.82, 2.24) is 9.55 Å². The van der Waals surface area contributed by atoms with E-state index in [1.165, 1.54) is 0 Å². The van der Waals surface area contributed by atoms with Crippen LogP contribution in [-0.2, 0) is 6.67 Å². The number of nitrogens with zero attached hydrogens (tertiary/aromatic N) is 5. The molecule has 0 radical (unpaired) electrons. The van der Waals surface area contributed by atoms with Crippen molar-refractivity contribution >= 4 is 0 Å². The highest BCUT2D eigenvalue weighted by molar-refractivity contribution is 4.73. The van der Waals surface area contributed by atoms with Crippen LogP contribution < -0.4 is 0 Å². The quantitative estimate of drug-likeness (QED) is 0.330. The summed E-state index contributed by atoms with van der Waals surface area (Å²) >= 11 is 0. The highest BCUT2D eigenvalue weighted by Gasteiger charge is 1.81. The molecule has 5 nitrogen and oxygen atoms in total. The monoisotopic (exact) mass is 123 g/mol. The summed E-state index contributed by atoms with van der Waals surface area (Å²) in [7, 11) is 0. The van der Waals surface area contributed by atoms with Gasteiger partial charge in [0.25, 0.3) is 0 Å². The topological polar surface area (TPSA) is 66.6 Å². The van der Waals surface area contributed by atoms with Gasteiger partial charge in [-0.25, -0.2) is 4.98 Å². The van der Waals surface area contributed by atoms with Crippen LogP contribution in [0.2, 0.25) is 0 Å². The fourth-order valence-corrected chi connectivity index (χ4v) is 0.472.